The fourth-order valence-corrected chi connectivity index (χ4v) is 3.15. The van der Waals surface area contributed by atoms with Gasteiger partial charge in [0.05, 0.1) is 26.5 Å². The molecule has 0 bridgehead atoms. The first-order valence-electron chi connectivity index (χ1n) is 7.24. The number of aromatic nitrogens is 1. The number of nitrogens with zero attached hydrogens (tertiary/aromatic N) is 1. The molecule has 0 radical (unpaired) electrons. The van der Waals surface area contributed by atoms with Crippen molar-refractivity contribution in [3.8, 4) is 11.5 Å². The maximum atomic E-state index is 12.2. The van der Waals surface area contributed by atoms with Crippen LogP contribution in [0, 0.1) is 0 Å². The van der Waals surface area contributed by atoms with Gasteiger partial charge < -0.3 is 19.5 Å². The summed E-state index contributed by atoms with van der Waals surface area (Å²) in [5.41, 5.74) is 0.833. The van der Waals surface area contributed by atoms with Crippen LogP contribution in [-0.2, 0) is 9.53 Å². The molecule has 0 aliphatic heterocycles. The van der Waals surface area contributed by atoms with Crippen molar-refractivity contribution >= 4 is 39.1 Å². The Balaban J connectivity index is 2.08. The molecule has 1 aromatic carbocycles. The smallest absolute Gasteiger partial charge is 0.343 e. The Morgan fingerprint density at radius 1 is 1.32 bits per heavy atom. The number of carbonyl (C=O) groups excluding carboxylic acids is 2. The van der Waals surface area contributed by atoms with Gasteiger partial charge in [-0.05, 0) is 40.5 Å². The van der Waals surface area contributed by atoms with E-state index < -0.39 is 5.97 Å². The van der Waals surface area contributed by atoms with E-state index in [1.165, 1.54) is 31.8 Å². The topological polar surface area (TPSA) is 86.8 Å². The standard InChI is InChI=1S/C16H17BrN2O5S/c1-9(19-15(21)13-7-18-16(17)25-13)10-4-5-11(12(6-10)22-2)24-8-14(20)23-3/h4-7,9H,8H2,1-3H3,(H,19,21). The van der Waals surface area contributed by atoms with E-state index in [9.17, 15) is 9.59 Å². The van der Waals surface area contributed by atoms with Gasteiger partial charge in [-0.25, -0.2) is 9.78 Å². The SMILES string of the molecule is COC(=O)COc1ccc(C(C)NC(=O)c2cnc(Br)s2)cc1OC. The number of esters is 1. The molecule has 2 rings (SSSR count). The highest BCUT2D eigenvalue weighted by Gasteiger charge is 2.16. The van der Waals surface area contributed by atoms with Crippen molar-refractivity contribution in [1.29, 1.82) is 0 Å². The minimum atomic E-state index is -0.484. The van der Waals surface area contributed by atoms with Gasteiger partial charge in [-0.2, -0.15) is 0 Å². The Bertz CT molecular complexity index is 765. The number of halogens is 1. The highest BCUT2D eigenvalue weighted by atomic mass is 79.9. The number of hydrogen-bond donors (Lipinski definition) is 1. The first-order valence-corrected chi connectivity index (χ1v) is 8.85. The van der Waals surface area contributed by atoms with Gasteiger partial charge in [0.2, 0.25) is 0 Å². The molecular formula is C16H17BrN2O5S. The van der Waals surface area contributed by atoms with Gasteiger partial charge in [0.15, 0.2) is 22.0 Å². The van der Waals surface area contributed by atoms with Crippen molar-refractivity contribution in [3.05, 3.63) is 38.8 Å². The normalized spacial score (nSPS) is 11.5. The molecule has 0 saturated carbocycles. The van der Waals surface area contributed by atoms with Crippen molar-refractivity contribution in [2.24, 2.45) is 0 Å². The van der Waals surface area contributed by atoms with E-state index in [1.807, 2.05) is 6.92 Å². The summed E-state index contributed by atoms with van der Waals surface area (Å²) < 4.78 is 15.8. The summed E-state index contributed by atoms with van der Waals surface area (Å²) >= 11 is 4.49. The predicted molar refractivity (Wildman–Crippen MR) is 96.2 cm³/mol. The van der Waals surface area contributed by atoms with E-state index in [1.54, 1.807) is 18.2 Å². The van der Waals surface area contributed by atoms with Gasteiger partial charge in [0, 0.05) is 0 Å². The molecule has 0 aliphatic rings. The number of carbonyl (C=O) groups is 2. The zero-order valence-corrected chi connectivity index (χ0v) is 16.3. The predicted octanol–water partition coefficient (Wildman–Crippen LogP) is 2.96. The van der Waals surface area contributed by atoms with Gasteiger partial charge in [-0.3, -0.25) is 4.79 Å². The summed E-state index contributed by atoms with van der Waals surface area (Å²) in [6.07, 6.45) is 1.52. The number of amides is 1. The maximum Gasteiger partial charge on any atom is 0.343 e. The van der Waals surface area contributed by atoms with Crippen molar-refractivity contribution in [2.75, 3.05) is 20.8 Å². The van der Waals surface area contributed by atoms with Crippen LogP contribution in [0.25, 0.3) is 0 Å². The van der Waals surface area contributed by atoms with Crippen LogP contribution in [0.3, 0.4) is 0 Å². The molecule has 1 amide bonds. The van der Waals surface area contributed by atoms with Gasteiger partial charge in [0.1, 0.15) is 4.88 Å². The average Bonchev–Trinajstić information content (AvgIpc) is 3.05. The van der Waals surface area contributed by atoms with Crippen LogP contribution in [0.5, 0.6) is 11.5 Å². The second kappa shape index (κ2) is 8.82. The van der Waals surface area contributed by atoms with Crippen LogP contribution in [0.15, 0.2) is 28.3 Å². The largest absolute Gasteiger partial charge is 0.493 e. The quantitative estimate of drug-likeness (QED) is 0.682. The maximum absolute atomic E-state index is 12.2. The molecule has 0 aliphatic carbocycles. The number of rotatable bonds is 7. The molecule has 2 aromatic rings. The molecule has 25 heavy (non-hydrogen) atoms. The van der Waals surface area contributed by atoms with Crippen LogP contribution in [0.4, 0.5) is 0 Å². The van der Waals surface area contributed by atoms with E-state index >= 15 is 0 Å². The summed E-state index contributed by atoms with van der Waals surface area (Å²) in [7, 11) is 2.79. The third-order valence-corrected chi connectivity index (χ3v) is 4.78. The Hall–Kier alpha value is -2.13. The third kappa shape index (κ3) is 5.17. The summed E-state index contributed by atoms with van der Waals surface area (Å²) in [5, 5.41) is 2.90. The fourth-order valence-electron chi connectivity index (χ4n) is 1.98. The Labute approximate surface area is 157 Å². The zero-order chi connectivity index (χ0) is 18.4. The van der Waals surface area contributed by atoms with Crippen LogP contribution < -0.4 is 14.8 Å². The molecular weight excluding hydrogens is 412 g/mol. The Morgan fingerprint density at radius 3 is 2.68 bits per heavy atom. The lowest BCUT2D eigenvalue weighted by Crippen LogP contribution is -2.25. The van der Waals surface area contributed by atoms with Crippen LogP contribution in [0.1, 0.15) is 28.2 Å². The number of nitrogens with one attached hydrogen (secondary N) is 1. The van der Waals surface area contributed by atoms with E-state index in [0.29, 0.717) is 20.3 Å². The molecule has 0 fully saturated rings. The summed E-state index contributed by atoms with van der Waals surface area (Å²) in [6.45, 7) is 1.65. The lowest BCUT2D eigenvalue weighted by Gasteiger charge is -2.16. The zero-order valence-electron chi connectivity index (χ0n) is 13.9. The number of benzene rings is 1. The summed E-state index contributed by atoms with van der Waals surface area (Å²) in [6, 6.07) is 4.98. The van der Waals surface area contributed by atoms with Crippen molar-refractivity contribution in [1.82, 2.24) is 10.3 Å². The Kier molecular flexibility index (Phi) is 6.77. The third-order valence-electron chi connectivity index (χ3n) is 3.31. The van der Waals surface area contributed by atoms with Gasteiger partial charge in [-0.15, -0.1) is 11.3 Å². The lowest BCUT2D eigenvalue weighted by molar-refractivity contribution is -0.142. The molecule has 1 heterocycles. The molecule has 7 nitrogen and oxygen atoms in total. The molecule has 0 spiro atoms. The van der Waals surface area contributed by atoms with Crippen molar-refractivity contribution in [2.45, 2.75) is 13.0 Å². The van der Waals surface area contributed by atoms with Crippen LogP contribution >= 0.6 is 27.3 Å². The molecule has 134 valence electrons. The van der Waals surface area contributed by atoms with Gasteiger partial charge in [0.25, 0.3) is 5.91 Å². The van der Waals surface area contributed by atoms with Crippen LogP contribution in [0.2, 0.25) is 0 Å². The first kappa shape index (κ1) is 19.2. The lowest BCUT2D eigenvalue weighted by atomic mass is 10.1. The average molecular weight is 429 g/mol. The molecule has 1 N–H and O–H groups in total. The highest BCUT2D eigenvalue weighted by molar-refractivity contribution is 9.11. The second-order valence-electron chi connectivity index (χ2n) is 4.95. The van der Waals surface area contributed by atoms with E-state index in [4.69, 9.17) is 9.47 Å². The molecule has 1 unspecified atom stereocenters. The molecule has 0 saturated heterocycles. The molecule has 9 heteroatoms. The van der Waals surface area contributed by atoms with Crippen molar-refractivity contribution in [3.63, 3.8) is 0 Å². The highest BCUT2D eigenvalue weighted by Crippen LogP contribution is 2.30. The van der Waals surface area contributed by atoms with E-state index in [0.717, 1.165) is 5.56 Å². The summed E-state index contributed by atoms with van der Waals surface area (Å²) in [4.78, 5) is 27.9. The summed E-state index contributed by atoms with van der Waals surface area (Å²) in [5.74, 6) is 0.188. The minimum absolute atomic E-state index is 0.208. The number of thiazole rings is 1. The first-order chi connectivity index (χ1) is 11.9. The van der Waals surface area contributed by atoms with E-state index in [-0.39, 0.29) is 18.6 Å². The minimum Gasteiger partial charge on any atom is -0.493 e. The van der Waals surface area contributed by atoms with Crippen LogP contribution in [-0.4, -0.2) is 37.7 Å². The molecule has 1 atom stereocenters. The monoisotopic (exact) mass is 428 g/mol. The number of hydrogen-bond acceptors (Lipinski definition) is 7. The Morgan fingerprint density at radius 2 is 2.08 bits per heavy atom. The van der Waals surface area contributed by atoms with E-state index in [2.05, 4.69) is 31.0 Å². The number of methoxy groups -OCH3 is 2. The number of ether oxygens (including phenoxy) is 3. The van der Waals surface area contributed by atoms with Crippen molar-refractivity contribution < 1.29 is 23.8 Å². The fraction of sp³-hybridized carbons (Fsp3) is 0.312. The van der Waals surface area contributed by atoms with Gasteiger partial charge >= 0.3 is 5.97 Å². The molecule has 1 aromatic heterocycles. The second-order valence-corrected chi connectivity index (χ2v) is 7.25. The van der Waals surface area contributed by atoms with Gasteiger partial charge in [-0.1, -0.05) is 6.07 Å².